The van der Waals surface area contributed by atoms with Gasteiger partial charge < -0.3 is 0 Å². The fourth-order valence-corrected chi connectivity index (χ4v) is 3.36. The summed E-state index contributed by atoms with van der Waals surface area (Å²) in [7, 11) is 0. The second-order valence-corrected chi connectivity index (χ2v) is 5.56. The summed E-state index contributed by atoms with van der Waals surface area (Å²) in [6, 6.07) is 7.78. The minimum atomic E-state index is 0.641. The maximum atomic E-state index is 8.99. The zero-order chi connectivity index (χ0) is 10.7. The van der Waals surface area contributed by atoms with Crippen LogP contribution in [0.2, 0.25) is 5.02 Å². The number of nitriles is 1. The summed E-state index contributed by atoms with van der Waals surface area (Å²) in [5.74, 6) is 0. The van der Waals surface area contributed by atoms with E-state index in [1.807, 2.05) is 23.9 Å². The van der Waals surface area contributed by atoms with E-state index in [9.17, 15) is 0 Å². The van der Waals surface area contributed by atoms with E-state index in [-0.39, 0.29) is 0 Å². The predicted octanol–water partition coefficient (Wildman–Crippen LogP) is 4.25. The molecule has 0 amide bonds. The SMILES string of the molecule is N#Cc1cc(Cl)ccc1SC1CCCC1. The quantitative estimate of drug-likeness (QED) is 0.768. The normalized spacial score (nSPS) is 16.5. The molecule has 15 heavy (non-hydrogen) atoms. The third kappa shape index (κ3) is 2.68. The summed E-state index contributed by atoms with van der Waals surface area (Å²) < 4.78 is 0. The van der Waals surface area contributed by atoms with E-state index in [4.69, 9.17) is 16.9 Å². The average molecular weight is 238 g/mol. The van der Waals surface area contributed by atoms with Gasteiger partial charge in [-0.2, -0.15) is 5.26 Å². The van der Waals surface area contributed by atoms with Gasteiger partial charge in [0.1, 0.15) is 6.07 Å². The van der Waals surface area contributed by atoms with Gasteiger partial charge in [-0.1, -0.05) is 24.4 Å². The molecule has 1 aromatic rings. The molecular weight excluding hydrogens is 226 g/mol. The molecule has 0 spiro atoms. The third-order valence-electron chi connectivity index (χ3n) is 2.66. The number of nitrogens with zero attached hydrogens (tertiary/aromatic N) is 1. The van der Waals surface area contributed by atoms with Crippen molar-refractivity contribution in [3.05, 3.63) is 28.8 Å². The van der Waals surface area contributed by atoms with Crippen LogP contribution < -0.4 is 0 Å². The van der Waals surface area contributed by atoms with Crippen LogP contribution in [0.5, 0.6) is 0 Å². The molecule has 2 rings (SSSR count). The number of hydrogen-bond acceptors (Lipinski definition) is 2. The Bertz CT molecular complexity index is 391. The van der Waals surface area contributed by atoms with Crippen molar-refractivity contribution in [3.8, 4) is 6.07 Å². The van der Waals surface area contributed by atoms with Crippen LogP contribution in [0.4, 0.5) is 0 Å². The van der Waals surface area contributed by atoms with Gasteiger partial charge in [0.15, 0.2) is 0 Å². The molecule has 0 radical (unpaired) electrons. The first kappa shape index (κ1) is 10.9. The molecule has 1 aliphatic rings. The van der Waals surface area contributed by atoms with Crippen LogP contribution in [0.1, 0.15) is 31.2 Å². The lowest BCUT2D eigenvalue weighted by molar-refractivity contribution is 0.886. The van der Waals surface area contributed by atoms with Gasteiger partial charge in [0.25, 0.3) is 0 Å². The highest BCUT2D eigenvalue weighted by Gasteiger charge is 2.17. The molecule has 1 saturated carbocycles. The second-order valence-electron chi connectivity index (χ2n) is 3.78. The first-order valence-corrected chi connectivity index (χ1v) is 6.41. The molecule has 78 valence electrons. The van der Waals surface area contributed by atoms with Crippen LogP contribution in [-0.2, 0) is 0 Å². The maximum absolute atomic E-state index is 8.99. The molecule has 0 saturated heterocycles. The van der Waals surface area contributed by atoms with E-state index < -0.39 is 0 Å². The van der Waals surface area contributed by atoms with E-state index in [2.05, 4.69) is 6.07 Å². The van der Waals surface area contributed by atoms with Gasteiger partial charge in [0.05, 0.1) is 5.56 Å². The molecule has 1 fully saturated rings. The van der Waals surface area contributed by atoms with Gasteiger partial charge in [0, 0.05) is 15.2 Å². The molecule has 0 aromatic heterocycles. The molecular formula is C12H12ClNS. The standard InChI is InChI=1S/C12H12ClNS/c13-10-5-6-12(9(7-10)8-14)15-11-3-1-2-4-11/h5-7,11H,1-4H2. The smallest absolute Gasteiger partial charge is 0.100 e. The zero-order valence-electron chi connectivity index (χ0n) is 8.37. The van der Waals surface area contributed by atoms with Crippen LogP contribution in [-0.4, -0.2) is 5.25 Å². The van der Waals surface area contributed by atoms with E-state index in [0.717, 1.165) is 4.90 Å². The largest absolute Gasteiger partial charge is 0.192 e. The molecule has 0 atom stereocenters. The molecule has 3 heteroatoms. The minimum Gasteiger partial charge on any atom is -0.192 e. The molecule has 0 heterocycles. The topological polar surface area (TPSA) is 23.8 Å². The highest BCUT2D eigenvalue weighted by molar-refractivity contribution is 8.00. The zero-order valence-corrected chi connectivity index (χ0v) is 9.94. The lowest BCUT2D eigenvalue weighted by atomic mass is 10.2. The van der Waals surface area contributed by atoms with Crippen LogP contribution in [0.15, 0.2) is 23.1 Å². The Labute approximate surface area is 99.4 Å². The second kappa shape index (κ2) is 4.92. The molecule has 1 aliphatic carbocycles. The minimum absolute atomic E-state index is 0.641. The summed E-state index contributed by atoms with van der Waals surface area (Å²) >= 11 is 7.68. The van der Waals surface area contributed by atoms with E-state index in [1.54, 1.807) is 6.07 Å². The molecule has 0 N–H and O–H groups in total. The maximum Gasteiger partial charge on any atom is 0.100 e. The van der Waals surface area contributed by atoms with Crippen molar-refractivity contribution in [1.82, 2.24) is 0 Å². The summed E-state index contributed by atoms with van der Waals surface area (Å²) in [6.45, 7) is 0. The molecule has 0 bridgehead atoms. The first-order valence-electron chi connectivity index (χ1n) is 5.16. The predicted molar refractivity (Wildman–Crippen MR) is 64.3 cm³/mol. The molecule has 1 nitrogen and oxygen atoms in total. The fraction of sp³-hybridized carbons (Fsp3) is 0.417. The van der Waals surface area contributed by atoms with Gasteiger partial charge in [0.2, 0.25) is 0 Å². The van der Waals surface area contributed by atoms with Gasteiger partial charge in [-0.3, -0.25) is 0 Å². The molecule has 0 aliphatic heterocycles. The van der Waals surface area contributed by atoms with Crippen molar-refractivity contribution in [3.63, 3.8) is 0 Å². The Morgan fingerprint density at radius 3 is 2.73 bits per heavy atom. The highest BCUT2D eigenvalue weighted by Crippen LogP contribution is 2.36. The van der Waals surface area contributed by atoms with Crippen molar-refractivity contribution >= 4 is 23.4 Å². The van der Waals surface area contributed by atoms with Crippen molar-refractivity contribution in [2.24, 2.45) is 0 Å². The van der Waals surface area contributed by atoms with Crippen molar-refractivity contribution in [2.45, 2.75) is 35.8 Å². The number of hydrogen-bond donors (Lipinski definition) is 0. The van der Waals surface area contributed by atoms with E-state index in [0.29, 0.717) is 15.8 Å². The van der Waals surface area contributed by atoms with Crippen LogP contribution in [0.25, 0.3) is 0 Å². The number of rotatable bonds is 2. The number of halogens is 1. The Kier molecular flexibility index (Phi) is 3.56. The van der Waals surface area contributed by atoms with Gasteiger partial charge >= 0.3 is 0 Å². The van der Waals surface area contributed by atoms with Gasteiger partial charge in [-0.15, -0.1) is 11.8 Å². The molecule has 0 unspecified atom stereocenters. The Balaban J connectivity index is 2.16. The average Bonchev–Trinajstić information content (AvgIpc) is 2.73. The number of thioether (sulfide) groups is 1. The Morgan fingerprint density at radius 2 is 2.07 bits per heavy atom. The first-order chi connectivity index (χ1) is 7.29. The fourth-order valence-electron chi connectivity index (χ4n) is 1.88. The summed E-state index contributed by atoms with van der Waals surface area (Å²) in [5, 5.41) is 10.3. The van der Waals surface area contributed by atoms with E-state index >= 15 is 0 Å². The Morgan fingerprint density at radius 1 is 1.33 bits per heavy atom. The lowest BCUT2D eigenvalue weighted by Gasteiger charge is -2.09. The number of benzene rings is 1. The van der Waals surface area contributed by atoms with Crippen LogP contribution >= 0.6 is 23.4 Å². The van der Waals surface area contributed by atoms with Gasteiger partial charge in [-0.25, -0.2) is 0 Å². The Hall–Kier alpha value is -0.650. The lowest BCUT2D eigenvalue weighted by Crippen LogP contribution is -1.94. The highest BCUT2D eigenvalue weighted by atomic mass is 35.5. The monoisotopic (exact) mass is 237 g/mol. The van der Waals surface area contributed by atoms with Crippen molar-refractivity contribution < 1.29 is 0 Å². The van der Waals surface area contributed by atoms with Crippen molar-refractivity contribution in [1.29, 1.82) is 5.26 Å². The van der Waals surface area contributed by atoms with Gasteiger partial charge in [-0.05, 0) is 31.0 Å². The molecule has 1 aromatic carbocycles. The van der Waals surface area contributed by atoms with E-state index in [1.165, 1.54) is 25.7 Å². The van der Waals surface area contributed by atoms with Crippen molar-refractivity contribution in [2.75, 3.05) is 0 Å². The summed E-state index contributed by atoms with van der Waals surface area (Å²) in [6.07, 6.45) is 5.20. The summed E-state index contributed by atoms with van der Waals surface area (Å²) in [4.78, 5) is 1.08. The van der Waals surface area contributed by atoms with Crippen LogP contribution in [0, 0.1) is 11.3 Å². The summed E-state index contributed by atoms with van der Waals surface area (Å²) in [5.41, 5.74) is 0.708. The third-order valence-corrected chi connectivity index (χ3v) is 4.31. The van der Waals surface area contributed by atoms with Crippen LogP contribution in [0.3, 0.4) is 0 Å².